The molecular formula is C13H20O. The molecule has 0 radical (unpaired) electrons. The van der Waals surface area contributed by atoms with Gasteiger partial charge in [0, 0.05) is 5.41 Å². The molecule has 0 saturated heterocycles. The third-order valence-electron chi connectivity index (χ3n) is 2.66. The van der Waals surface area contributed by atoms with Gasteiger partial charge < -0.3 is 5.11 Å². The Balaban J connectivity index is 3.06. The molecular weight excluding hydrogens is 172 g/mol. The van der Waals surface area contributed by atoms with Crippen LogP contribution in [0.25, 0.3) is 0 Å². The fourth-order valence-corrected chi connectivity index (χ4v) is 1.75. The molecule has 0 aliphatic heterocycles. The van der Waals surface area contributed by atoms with E-state index in [0.717, 1.165) is 12.8 Å². The Labute approximate surface area is 86.8 Å². The highest BCUT2D eigenvalue weighted by molar-refractivity contribution is 5.33. The van der Waals surface area contributed by atoms with Crippen molar-refractivity contribution >= 4 is 0 Å². The second-order valence-electron chi connectivity index (χ2n) is 4.45. The van der Waals surface area contributed by atoms with Gasteiger partial charge in [0.25, 0.3) is 0 Å². The van der Waals surface area contributed by atoms with Gasteiger partial charge in [0.15, 0.2) is 0 Å². The van der Waals surface area contributed by atoms with Gasteiger partial charge in [-0.15, -0.1) is 0 Å². The van der Waals surface area contributed by atoms with E-state index in [1.54, 1.807) is 0 Å². The second kappa shape index (κ2) is 4.61. The van der Waals surface area contributed by atoms with Crippen LogP contribution in [0.15, 0.2) is 24.3 Å². The van der Waals surface area contributed by atoms with Crippen molar-refractivity contribution in [2.75, 3.05) is 6.61 Å². The first-order valence-electron chi connectivity index (χ1n) is 5.31. The fourth-order valence-electron chi connectivity index (χ4n) is 1.75. The first kappa shape index (κ1) is 11.3. The summed E-state index contributed by atoms with van der Waals surface area (Å²) in [6.07, 6.45) is 2.25. The molecule has 0 saturated carbocycles. The lowest BCUT2D eigenvalue weighted by atomic mass is 9.81. The van der Waals surface area contributed by atoms with Crippen LogP contribution < -0.4 is 0 Å². The number of aryl methyl sites for hydroxylation is 1. The van der Waals surface area contributed by atoms with E-state index in [1.165, 1.54) is 11.1 Å². The maximum absolute atomic E-state index is 9.34. The van der Waals surface area contributed by atoms with Crippen molar-refractivity contribution < 1.29 is 5.11 Å². The number of hydrogen-bond acceptors (Lipinski definition) is 1. The van der Waals surface area contributed by atoms with Gasteiger partial charge in [-0.25, -0.2) is 0 Å². The Morgan fingerprint density at radius 2 is 1.86 bits per heavy atom. The standard InChI is InChI=1S/C13H20O/c1-4-7-11-8-5-6-9-12(11)13(2,3)10-14/h5-6,8-9,14H,4,7,10H2,1-3H3. The number of aliphatic hydroxyl groups is 1. The lowest BCUT2D eigenvalue weighted by Gasteiger charge is -2.25. The second-order valence-corrected chi connectivity index (χ2v) is 4.45. The third kappa shape index (κ3) is 2.36. The Kier molecular flexibility index (Phi) is 3.70. The molecule has 0 unspecified atom stereocenters. The summed E-state index contributed by atoms with van der Waals surface area (Å²) in [5, 5.41) is 9.34. The van der Waals surface area contributed by atoms with Gasteiger partial charge in [-0.2, -0.15) is 0 Å². The highest BCUT2D eigenvalue weighted by Gasteiger charge is 2.21. The zero-order valence-corrected chi connectivity index (χ0v) is 9.38. The summed E-state index contributed by atoms with van der Waals surface area (Å²) in [5.41, 5.74) is 2.53. The van der Waals surface area contributed by atoms with Crippen LogP contribution in [0.1, 0.15) is 38.3 Å². The minimum Gasteiger partial charge on any atom is -0.395 e. The molecule has 0 heterocycles. The van der Waals surface area contributed by atoms with Crippen LogP contribution in [-0.4, -0.2) is 11.7 Å². The molecule has 1 N–H and O–H groups in total. The smallest absolute Gasteiger partial charge is 0.0522 e. The van der Waals surface area contributed by atoms with Crippen molar-refractivity contribution in [2.45, 2.75) is 39.0 Å². The van der Waals surface area contributed by atoms with Gasteiger partial charge >= 0.3 is 0 Å². The highest BCUT2D eigenvalue weighted by atomic mass is 16.3. The van der Waals surface area contributed by atoms with Crippen LogP contribution in [0.2, 0.25) is 0 Å². The Morgan fingerprint density at radius 1 is 1.21 bits per heavy atom. The van der Waals surface area contributed by atoms with Crippen LogP contribution in [-0.2, 0) is 11.8 Å². The van der Waals surface area contributed by atoms with Gasteiger partial charge in [0.2, 0.25) is 0 Å². The molecule has 0 amide bonds. The van der Waals surface area contributed by atoms with Crippen molar-refractivity contribution in [2.24, 2.45) is 0 Å². The van der Waals surface area contributed by atoms with E-state index in [4.69, 9.17) is 0 Å². The molecule has 1 aromatic rings. The summed E-state index contributed by atoms with van der Waals surface area (Å²) in [6, 6.07) is 8.41. The maximum Gasteiger partial charge on any atom is 0.0522 e. The first-order valence-corrected chi connectivity index (χ1v) is 5.31. The molecule has 1 aromatic carbocycles. The number of hydrogen-bond donors (Lipinski definition) is 1. The molecule has 0 bridgehead atoms. The van der Waals surface area contributed by atoms with Crippen LogP contribution >= 0.6 is 0 Å². The monoisotopic (exact) mass is 192 g/mol. The van der Waals surface area contributed by atoms with E-state index in [2.05, 4.69) is 39.0 Å². The van der Waals surface area contributed by atoms with Gasteiger partial charge in [0.1, 0.15) is 0 Å². The molecule has 1 heteroatoms. The molecule has 0 atom stereocenters. The molecule has 0 fully saturated rings. The molecule has 1 rings (SSSR count). The summed E-state index contributed by atoms with van der Waals surface area (Å²) >= 11 is 0. The van der Waals surface area contributed by atoms with Crippen LogP contribution in [0.4, 0.5) is 0 Å². The summed E-state index contributed by atoms with van der Waals surface area (Å²) in [4.78, 5) is 0. The van der Waals surface area contributed by atoms with E-state index >= 15 is 0 Å². The van der Waals surface area contributed by atoms with Crippen molar-refractivity contribution in [1.29, 1.82) is 0 Å². The predicted octanol–water partition coefficient (Wildman–Crippen LogP) is 2.91. The quantitative estimate of drug-likeness (QED) is 0.777. The molecule has 14 heavy (non-hydrogen) atoms. The molecule has 0 aliphatic carbocycles. The number of benzene rings is 1. The Bertz CT molecular complexity index is 289. The van der Waals surface area contributed by atoms with Crippen molar-refractivity contribution in [1.82, 2.24) is 0 Å². The van der Waals surface area contributed by atoms with E-state index in [9.17, 15) is 5.11 Å². The molecule has 78 valence electrons. The lowest BCUT2D eigenvalue weighted by Crippen LogP contribution is -2.23. The van der Waals surface area contributed by atoms with Crippen molar-refractivity contribution in [3.8, 4) is 0 Å². The minimum absolute atomic E-state index is 0.119. The summed E-state index contributed by atoms with van der Waals surface area (Å²) in [5.74, 6) is 0. The zero-order chi connectivity index (χ0) is 10.6. The van der Waals surface area contributed by atoms with Crippen LogP contribution in [0, 0.1) is 0 Å². The topological polar surface area (TPSA) is 20.2 Å². The zero-order valence-electron chi connectivity index (χ0n) is 9.38. The summed E-state index contributed by atoms with van der Waals surface area (Å²) in [6.45, 7) is 6.56. The SMILES string of the molecule is CCCc1ccccc1C(C)(C)CO. The van der Waals surface area contributed by atoms with Crippen LogP contribution in [0.3, 0.4) is 0 Å². The Morgan fingerprint density at radius 3 is 2.43 bits per heavy atom. The van der Waals surface area contributed by atoms with E-state index < -0.39 is 0 Å². The van der Waals surface area contributed by atoms with Crippen molar-refractivity contribution in [3.05, 3.63) is 35.4 Å². The highest BCUT2D eigenvalue weighted by Crippen LogP contribution is 2.26. The van der Waals surface area contributed by atoms with Crippen molar-refractivity contribution in [3.63, 3.8) is 0 Å². The Hall–Kier alpha value is -0.820. The van der Waals surface area contributed by atoms with E-state index in [-0.39, 0.29) is 12.0 Å². The average molecular weight is 192 g/mol. The van der Waals surface area contributed by atoms with E-state index in [1.807, 2.05) is 6.07 Å². The van der Waals surface area contributed by atoms with Gasteiger partial charge in [-0.1, -0.05) is 51.5 Å². The average Bonchev–Trinajstić information content (AvgIpc) is 2.19. The van der Waals surface area contributed by atoms with E-state index in [0.29, 0.717) is 0 Å². The lowest BCUT2D eigenvalue weighted by molar-refractivity contribution is 0.217. The summed E-state index contributed by atoms with van der Waals surface area (Å²) < 4.78 is 0. The normalized spacial score (nSPS) is 11.7. The largest absolute Gasteiger partial charge is 0.395 e. The van der Waals surface area contributed by atoms with Gasteiger partial charge in [0.05, 0.1) is 6.61 Å². The fraction of sp³-hybridized carbons (Fsp3) is 0.538. The minimum atomic E-state index is -0.119. The third-order valence-corrected chi connectivity index (χ3v) is 2.66. The molecule has 0 aliphatic rings. The summed E-state index contributed by atoms with van der Waals surface area (Å²) in [7, 11) is 0. The molecule has 0 spiro atoms. The molecule has 1 nitrogen and oxygen atoms in total. The number of aliphatic hydroxyl groups excluding tert-OH is 1. The molecule has 0 aromatic heterocycles. The van der Waals surface area contributed by atoms with Crippen LogP contribution in [0.5, 0.6) is 0 Å². The van der Waals surface area contributed by atoms with Gasteiger partial charge in [-0.05, 0) is 17.5 Å². The maximum atomic E-state index is 9.34. The predicted molar refractivity (Wildman–Crippen MR) is 60.5 cm³/mol. The first-order chi connectivity index (χ1) is 6.61. The van der Waals surface area contributed by atoms with Gasteiger partial charge in [-0.3, -0.25) is 0 Å². The number of rotatable bonds is 4.